The molecule has 0 bridgehead atoms. The molecule has 94 valence electrons. The van der Waals surface area contributed by atoms with Gasteiger partial charge in [0.15, 0.2) is 0 Å². The van der Waals surface area contributed by atoms with Gasteiger partial charge in [-0.25, -0.2) is 4.98 Å². The fourth-order valence-electron chi connectivity index (χ4n) is 1.43. The minimum absolute atomic E-state index is 0.289. The van der Waals surface area contributed by atoms with Crippen LogP contribution in [0.5, 0.6) is 5.88 Å². The fraction of sp³-hybridized carbons (Fsp3) is 0.154. The Kier molecular flexibility index (Phi) is 4.42. The summed E-state index contributed by atoms with van der Waals surface area (Å²) in [5.74, 6) is 0.509. The van der Waals surface area contributed by atoms with Crippen molar-refractivity contribution in [3.05, 3.63) is 57.7 Å². The number of nitrogens with two attached hydrogens (primary N) is 1. The summed E-state index contributed by atoms with van der Waals surface area (Å²) in [6.45, 7) is 0.715. The van der Waals surface area contributed by atoms with Gasteiger partial charge in [-0.3, -0.25) is 0 Å². The van der Waals surface area contributed by atoms with E-state index in [4.69, 9.17) is 33.7 Å². The van der Waals surface area contributed by atoms with Crippen molar-refractivity contribution >= 4 is 23.2 Å². The maximum absolute atomic E-state index is 5.92. The molecule has 0 aliphatic carbocycles. The van der Waals surface area contributed by atoms with Crippen LogP contribution in [0.25, 0.3) is 0 Å². The molecule has 0 spiro atoms. The second kappa shape index (κ2) is 6.05. The van der Waals surface area contributed by atoms with Crippen LogP contribution in [0, 0.1) is 0 Å². The Morgan fingerprint density at radius 2 is 1.78 bits per heavy atom. The van der Waals surface area contributed by atoms with Gasteiger partial charge in [0.05, 0.1) is 10.7 Å². The number of benzene rings is 1. The second-order valence-electron chi connectivity index (χ2n) is 3.70. The first-order valence-corrected chi connectivity index (χ1v) is 6.17. The first kappa shape index (κ1) is 13.1. The van der Waals surface area contributed by atoms with Gasteiger partial charge in [-0.1, -0.05) is 35.3 Å². The van der Waals surface area contributed by atoms with Crippen LogP contribution < -0.4 is 10.5 Å². The van der Waals surface area contributed by atoms with Crippen LogP contribution in [-0.2, 0) is 13.2 Å². The highest BCUT2D eigenvalue weighted by Crippen LogP contribution is 2.18. The average molecular weight is 283 g/mol. The number of hydrogen-bond donors (Lipinski definition) is 1. The third-order valence-corrected chi connectivity index (χ3v) is 2.98. The Morgan fingerprint density at radius 1 is 1.06 bits per heavy atom. The van der Waals surface area contributed by atoms with Crippen LogP contribution in [0.1, 0.15) is 11.3 Å². The second-order valence-corrected chi connectivity index (χ2v) is 4.54. The molecule has 1 heterocycles. The third-order valence-electron chi connectivity index (χ3n) is 2.39. The van der Waals surface area contributed by atoms with Gasteiger partial charge in [0.2, 0.25) is 5.88 Å². The Labute approximate surface area is 115 Å². The zero-order chi connectivity index (χ0) is 13.0. The molecule has 0 amide bonds. The number of nitrogens with zero attached hydrogens (tertiary/aromatic N) is 1. The van der Waals surface area contributed by atoms with E-state index in [0.29, 0.717) is 28.2 Å². The lowest BCUT2D eigenvalue weighted by atomic mass is 10.2. The molecule has 0 unspecified atom stereocenters. The fourth-order valence-corrected chi connectivity index (χ4v) is 1.73. The zero-order valence-corrected chi connectivity index (χ0v) is 11.1. The van der Waals surface area contributed by atoms with Crippen molar-refractivity contribution in [3.8, 4) is 5.88 Å². The van der Waals surface area contributed by atoms with E-state index >= 15 is 0 Å². The van der Waals surface area contributed by atoms with Gasteiger partial charge in [0.25, 0.3) is 0 Å². The van der Waals surface area contributed by atoms with Crippen molar-refractivity contribution in [2.45, 2.75) is 13.2 Å². The summed E-state index contributed by atoms with van der Waals surface area (Å²) in [5.41, 5.74) is 7.18. The van der Waals surface area contributed by atoms with Crippen molar-refractivity contribution in [2.24, 2.45) is 5.73 Å². The Bertz CT molecular complexity index is 529. The predicted molar refractivity (Wildman–Crippen MR) is 72.9 cm³/mol. The largest absolute Gasteiger partial charge is 0.473 e. The lowest BCUT2D eigenvalue weighted by molar-refractivity contribution is 0.293. The van der Waals surface area contributed by atoms with Crippen molar-refractivity contribution < 1.29 is 4.74 Å². The van der Waals surface area contributed by atoms with E-state index in [1.54, 1.807) is 12.1 Å². The van der Waals surface area contributed by atoms with Crippen LogP contribution in [0.3, 0.4) is 0 Å². The molecule has 0 saturated carbocycles. The highest BCUT2D eigenvalue weighted by molar-refractivity contribution is 6.31. The van der Waals surface area contributed by atoms with Crippen molar-refractivity contribution in [2.75, 3.05) is 0 Å². The molecule has 0 atom stereocenters. The standard InChI is InChI=1S/C13H12Cl2N2O/c14-10-3-1-9(2-4-10)8-18-13-6-5-11(15)12(7-16)17-13/h1-6H,7-8,16H2. The first-order valence-electron chi connectivity index (χ1n) is 5.42. The summed E-state index contributed by atoms with van der Waals surface area (Å²) in [4.78, 5) is 4.22. The summed E-state index contributed by atoms with van der Waals surface area (Å²) < 4.78 is 5.56. The molecule has 0 fully saturated rings. The van der Waals surface area contributed by atoms with Crippen LogP contribution in [0.4, 0.5) is 0 Å². The van der Waals surface area contributed by atoms with E-state index in [2.05, 4.69) is 4.98 Å². The van der Waals surface area contributed by atoms with E-state index in [9.17, 15) is 0 Å². The first-order chi connectivity index (χ1) is 8.69. The molecule has 5 heteroatoms. The molecular formula is C13H12Cl2N2O. The van der Waals surface area contributed by atoms with Crippen molar-refractivity contribution in [1.29, 1.82) is 0 Å². The van der Waals surface area contributed by atoms with Crippen molar-refractivity contribution in [1.82, 2.24) is 4.98 Å². The summed E-state index contributed by atoms with van der Waals surface area (Å²) in [7, 11) is 0. The topological polar surface area (TPSA) is 48.1 Å². The van der Waals surface area contributed by atoms with Gasteiger partial charge in [0, 0.05) is 17.6 Å². The zero-order valence-electron chi connectivity index (χ0n) is 9.57. The van der Waals surface area contributed by atoms with E-state index in [-0.39, 0.29) is 6.54 Å². The van der Waals surface area contributed by atoms with Crippen LogP contribution in [-0.4, -0.2) is 4.98 Å². The SMILES string of the molecule is NCc1nc(OCc2ccc(Cl)cc2)ccc1Cl. The highest BCUT2D eigenvalue weighted by atomic mass is 35.5. The number of aromatic nitrogens is 1. The van der Waals surface area contributed by atoms with Crippen LogP contribution in [0.2, 0.25) is 10.0 Å². The minimum Gasteiger partial charge on any atom is -0.473 e. The molecule has 0 aliphatic rings. The number of rotatable bonds is 4. The molecular weight excluding hydrogens is 271 g/mol. The number of pyridine rings is 1. The van der Waals surface area contributed by atoms with Gasteiger partial charge in [-0.05, 0) is 23.8 Å². The van der Waals surface area contributed by atoms with Crippen LogP contribution in [0.15, 0.2) is 36.4 Å². The van der Waals surface area contributed by atoms with Gasteiger partial charge in [0.1, 0.15) is 6.61 Å². The highest BCUT2D eigenvalue weighted by Gasteiger charge is 2.03. The van der Waals surface area contributed by atoms with Gasteiger partial charge >= 0.3 is 0 Å². The average Bonchev–Trinajstić information content (AvgIpc) is 2.39. The Hall–Kier alpha value is -1.29. The molecule has 18 heavy (non-hydrogen) atoms. The van der Waals surface area contributed by atoms with Gasteiger partial charge < -0.3 is 10.5 Å². The Balaban J connectivity index is 2.04. The number of hydrogen-bond acceptors (Lipinski definition) is 3. The number of halogens is 2. The Morgan fingerprint density at radius 3 is 2.44 bits per heavy atom. The molecule has 0 aliphatic heterocycles. The summed E-state index contributed by atoms with van der Waals surface area (Å²) in [6, 6.07) is 10.9. The summed E-state index contributed by atoms with van der Waals surface area (Å²) in [6.07, 6.45) is 0. The molecule has 0 radical (unpaired) electrons. The van der Waals surface area contributed by atoms with E-state index in [1.165, 1.54) is 0 Å². The molecule has 2 N–H and O–H groups in total. The smallest absolute Gasteiger partial charge is 0.213 e. The molecule has 1 aromatic heterocycles. The maximum atomic E-state index is 5.92. The summed E-state index contributed by atoms with van der Waals surface area (Å²) in [5, 5.41) is 1.25. The minimum atomic E-state index is 0.289. The number of ether oxygens (including phenoxy) is 1. The molecule has 2 aromatic rings. The van der Waals surface area contributed by atoms with Gasteiger partial charge in [-0.15, -0.1) is 0 Å². The molecule has 2 rings (SSSR count). The maximum Gasteiger partial charge on any atom is 0.213 e. The van der Waals surface area contributed by atoms with Crippen molar-refractivity contribution in [3.63, 3.8) is 0 Å². The normalized spacial score (nSPS) is 10.4. The van der Waals surface area contributed by atoms with E-state index < -0.39 is 0 Å². The predicted octanol–water partition coefficient (Wildman–Crippen LogP) is 3.43. The molecule has 3 nitrogen and oxygen atoms in total. The lowest BCUT2D eigenvalue weighted by Crippen LogP contribution is -2.03. The van der Waals surface area contributed by atoms with E-state index in [1.807, 2.05) is 24.3 Å². The van der Waals surface area contributed by atoms with E-state index in [0.717, 1.165) is 5.56 Å². The summed E-state index contributed by atoms with van der Waals surface area (Å²) >= 11 is 11.7. The quantitative estimate of drug-likeness (QED) is 0.935. The molecule has 0 saturated heterocycles. The third kappa shape index (κ3) is 3.35. The van der Waals surface area contributed by atoms with Crippen LogP contribution >= 0.6 is 23.2 Å². The molecule has 1 aromatic carbocycles. The lowest BCUT2D eigenvalue weighted by Gasteiger charge is -2.07. The monoisotopic (exact) mass is 282 g/mol. The van der Waals surface area contributed by atoms with Gasteiger partial charge in [-0.2, -0.15) is 0 Å².